The number of rotatable bonds is 3. The van der Waals surface area contributed by atoms with Crippen LogP contribution in [-0.2, 0) is 6.54 Å². The first-order valence-corrected chi connectivity index (χ1v) is 7.27. The first kappa shape index (κ1) is 12.3. The van der Waals surface area contributed by atoms with Crippen LogP contribution in [0.4, 0.5) is 0 Å². The van der Waals surface area contributed by atoms with E-state index < -0.39 is 0 Å². The van der Waals surface area contributed by atoms with Crippen LogP contribution in [0.2, 0.25) is 0 Å². The molecule has 1 aromatic heterocycles. The van der Waals surface area contributed by atoms with Crippen molar-refractivity contribution in [1.82, 2.24) is 4.57 Å². The largest absolute Gasteiger partial charge is 0.341 e. The van der Waals surface area contributed by atoms with Crippen molar-refractivity contribution in [2.75, 3.05) is 0 Å². The molecule has 0 aliphatic heterocycles. The second kappa shape index (κ2) is 4.73. The molecule has 0 radical (unpaired) electrons. The Hall–Kier alpha value is -1.76. The quantitative estimate of drug-likeness (QED) is 0.593. The Bertz CT molecular complexity index is 721. The Morgan fingerprint density at radius 3 is 2.42 bits per heavy atom. The molecule has 98 valence electrons. The molecule has 1 heterocycles. The molecule has 0 bridgehead atoms. The number of fused-ring (bicyclic) bond motifs is 3. The summed E-state index contributed by atoms with van der Waals surface area (Å²) in [4.78, 5) is 0. The molecule has 1 unspecified atom stereocenters. The summed E-state index contributed by atoms with van der Waals surface area (Å²) in [6.45, 7) is 7.84. The van der Waals surface area contributed by atoms with E-state index in [9.17, 15) is 0 Å². The molecule has 3 aromatic rings. The van der Waals surface area contributed by atoms with Crippen molar-refractivity contribution in [3.05, 3.63) is 48.0 Å². The summed E-state index contributed by atoms with van der Waals surface area (Å²) in [5.41, 5.74) is 4.22. The molecule has 0 aliphatic carbocycles. The van der Waals surface area contributed by atoms with Gasteiger partial charge in [0.05, 0.1) is 0 Å². The lowest BCUT2D eigenvalue weighted by atomic mass is 9.94. The van der Waals surface area contributed by atoms with E-state index in [1.807, 2.05) is 0 Å². The minimum absolute atomic E-state index is 0.611. The number of nitrogens with zero attached hydrogens (tertiary/aromatic N) is 1. The van der Waals surface area contributed by atoms with E-state index in [1.54, 1.807) is 0 Å². The van der Waals surface area contributed by atoms with Crippen molar-refractivity contribution >= 4 is 21.8 Å². The Balaban J connectivity index is 2.49. The Morgan fingerprint density at radius 2 is 1.68 bits per heavy atom. The van der Waals surface area contributed by atoms with E-state index in [2.05, 4.69) is 67.8 Å². The summed E-state index contributed by atoms with van der Waals surface area (Å²) in [5, 5.41) is 2.85. The normalized spacial score (nSPS) is 13.2. The highest BCUT2D eigenvalue weighted by Crippen LogP contribution is 2.35. The lowest BCUT2D eigenvalue weighted by Gasteiger charge is -2.11. The number of benzene rings is 2. The van der Waals surface area contributed by atoms with Crippen molar-refractivity contribution in [3.63, 3.8) is 0 Å². The van der Waals surface area contributed by atoms with Crippen LogP contribution in [0, 0.1) is 0 Å². The van der Waals surface area contributed by atoms with Gasteiger partial charge in [0.25, 0.3) is 0 Å². The van der Waals surface area contributed by atoms with Crippen LogP contribution in [0.1, 0.15) is 38.7 Å². The summed E-state index contributed by atoms with van der Waals surface area (Å²) >= 11 is 0. The third kappa shape index (κ3) is 1.76. The number of para-hydroxylation sites is 1. The van der Waals surface area contributed by atoms with Gasteiger partial charge in [-0.15, -0.1) is 0 Å². The summed E-state index contributed by atoms with van der Waals surface area (Å²) in [6.07, 6.45) is 1.19. The molecular formula is C18H21N. The molecule has 2 aromatic carbocycles. The zero-order valence-corrected chi connectivity index (χ0v) is 12.0. The van der Waals surface area contributed by atoms with Crippen molar-refractivity contribution < 1.29 is 0 Å². The third-order valence-electron chi connectivity index (χ3n) is 4.29. The summed E-state index contributed by atoms with van der Waals surface area (Å²) in [7, 11) is 0. The minimum atomic E-state index is 0.611. The van der Waals surface area contributed by atoms with Crippen LogP contribution in [0.5, 0.6) is 0 Å². The van der Waals surface area contributed by atoms with Gasteiger partial charge in [0.1, 0.15) is 0 Å². The zero-order valence-electron chi connectivity index (χ0n) is 12.0. The van der Waals surface area contributed by atoms with E-state index >= 15 is 0 Å². The van der Waals surface area contributed by atoms with Crippen LogP contribution < -0.4 is 0 Å². The minimum Gasteiger partial charge on any atom is -0.341 e. The molecule has 1 heteroatoms. The van der Waals surface area contributed by atoms with Crippen LogP contribution >= 0.6 is 0 Å². The van der Waals surface area contributed by atoms with Crippen LogP contribution in [0.15, 0.2) is 42.5 Å². The average molecular weight is 251 g/mol. The van der Waals surface area contributed by atoms with Gasteiger partial charge in [-0.3, -0.25) is 0 Å². The lowest BCUT2D eigenvalue weighted by Crippen LogP contribution is -1.95. The fraction of sp³-hybridized carbons (Fsp3) is 0.333. The SMILES string of the molecule is CCC(C)c1cccc2c1c1ccccc1n2CC. The Morgan fingerprint density at radius 1 is 0.947 bits per heavy atom. The smallest absolute Gasteiger partial charge is 0.0494 e. The van der Waals surface area contributed by atoms with Gasteiger partial charge in [-0.2, -0.15) is 0 Å². The highest BCUT2D eigenvalue weighted by Gasteiger charge is 2.14. The summed E-state index contributed by atoms with van der Waals surface area (Å²) in [5.74, 6) is 0.611. The lowest BCUT2D eigenvalue weighted by molar-refractivity contribution is 0.739. The topological polar surface area (TPSA) is 4.93 Å². The van der Waals surface area contributed by atoms with Gasteiger partial charge in [-0.1, -0.05) is 44.2 Å². The van der Waals surface area contributed by atoms with Crippen LogP contribution in [0.3, 0.4) is 0 Å². The molecule has 0 aliphatic rings. The molecule has 0 spiro atoms. The predicted molar refractivity (Wildman–Crippen MR) is 83.8 cm³/mol. The maximum atomic E-state index is 2.43. The molecule has 1 atom stereocenters. The van der Waals surface area contributed by atoms with Gasteiger partial charge in [0.2, 0.25) is 0 Å². The van der Waals surface area contributed by atoms with Gasteiger partial charge < -0.3 is 4.57 Å². The Kier molecular flexibility index (Phi) is 3.06. The second-order valence-electron chi connectivity index (χ2n) is 5.31. The first-order valence-electron chi connectivity index (χ1n) is 7.27. The molecule has 0 saturated carbocycles. The van der Waals surface area contributed by atoms with Gasteiger partial charge in [-0.05, 0) is 37.0 Å². The second-order valence-corrected chi connectivity index (χ2v) is 5.31. The maximum Gasteiger partial charge on any atom is 0.0494 e. The molecule has 19 heavy (non-hydrogen) atoms. The summed E-state index contributed by atoms with van der Waals surface area (Å²) < 4.78 is 2.43. The maximum absolute atomic E-state index is 2.43. The van der Waals surface area contributed by atoms with Gasteiger partial charge in [0.15, 0.2) is 0 Å². The predicted octanol–water partition coefficient (Wildman–Crippen LogP) is 5.33. The number of hydrogen-bond acceptors (Lipinski definition) is 0. The van der Waals surface area contributed by atoms with Crippen molar-refractivity contribution in [1.29, 1.82) is 0 Å². The van der Waals surface area contributed by atoms with Crippen LogP contribution in [-0.4, -0.2) is 4.57 Å². The molecular weight excluding hydrogens is 230 g/mol. The summed E-state index contributed by atoms with van der Waals surface area (Å²) in [6, 6.07) is 15.5. The highest BCUT2D eigenvalue weighted by atomic mass is 15.0. The van der Waals surface area contributed by atoms with E-state index in [4.69, 9.17) is 0 Å². The fourth-order valence-electron chi connectivity index (χ4n) is 3.10. The monoisotopic (exact) mass is 251 g/mol. The van der Waals surface area contributed by atoms with Crippen molar-refractivity contribution in [3.8, 4) is 0 Å². The Labute approximate surface area is 114 Å². The van der Waals surface area contributed by atoms with E-state index in [0.717, 1.165) is 6.54 Å². The van der Waals surface area contributed by atoms with Gasteiger partial charge in [0, 0.05) is 28.4 Å². The standard InChI is InChI=1S/C18H21N/c1-4-13(3)14-10-8-12-17-18(14)15-9-6-7-11-16(15)19(17)5-2/h6-13H,4-5H2,1-3H3. The molecule has 3 rings (SSSR count). The van der Waals surface area contributed by atoms with Crippen molar-refractivity contribution in [2.24, 2.45) is 0 Å². The van der Waals surface area contributed by atoms with Gasteiger partial charge in [-0.25, -0.2) is 0 Å². The highest BCUT2D eigenvalue weighted by molar-refractivity contribution is 6.09. The number of aryl methyl sites for hydroxylation is 1. The van der Waals surface area contributed by atoms with E-state index in [-0.39, 0.29) is 0 Å². The molecule has 0 saturated heterocycles. The molecule has 0 fully saturated rings. The first-order chi connectivity index (χ1) is 9.27. The molecule has 1 nitrogen and oxygen atoms in total. The van der Waals surface area contributed by atoms with Crippen molar-refractivity contribution in [2.45, 2.75) is 39.7 Å². The number of hydrogen-bond donors (Lipinski definition) is 0. The molecule has 0 N–H and O–H groups in total. The van der Waals surface area contributed by atoms with E-state index in [0.29, 0.717) is 5.92 Å². The zero-order chi connectivity index (χ0) is 13.4. The average Bonchev–Trinajstić information content (AvgIpc) is 2.80. The van der Waals surface area contributed by atoms with E-state index in [1.165, 1.54) is 33.8 Å². The van der Waals surface area contributed by atoms with Gasteiger partial charge >= 0.3 is 0 Å². The molecule has 0 amide bonds. The number of aromatic nitrogens is 1. The fourth-order valence-corrected chi connectivity index (χ4v) is 3.10. The van der Waals surface area contributed by atoms with Crippen LogP contribution in [0.25, 0.3) is 21.8 Å². The third-order valence-corrected chi connectivity index (χ3v) is 4.29.